The molecule has 8 aromatic rings. The van der Waals surface area contributed by atoms with Gasteiger partial charge in [-0.05, 0) is 80.1 Å². The number of thiol groups is 1. The number of anilines is 3. The van der Waals surface area contributed by atoms with Crippen LogP contribution in [0.25, 0.3) is 50.3 Å². The van der Waals surface area contributed by atoms with E-state index in [9.17, 15) is 0 Å². The Kier molecular flexibility index (Phi) is 7.27. The van der Waals surface area contributed by atoms with E-state index in [1.165, 1.54) is 10.9 Å². The van der Waals surface area contributed by atoms with Gasteiger partial charge in [0.15, 0.2) is 11.6 Å². The highest BCUT2D eigenvalue weighted by molar-refractivity contribution is 7.80. The molecule has 8 rings (SSSR count). The molecule has 0 spiro atoms. The fourth-order valence-corrected chi connectivity index (χ4v) is 6.52. The number of aryl methyl sites for hydroxylation is 2. The van der Waals surface area contributed by atoms with Crippen molar-refractivity contribution in [3.63, 3.8) is 0 Å². The monoisotopic (exact) mass is 625 g/mol. The Bertz CT molecular complexity index is 2350. The number of fused-ring (bicyclic) bond motifs is 3. The number of benzene rings is 6. The van der Waals surface area contributed by atoms with Gasteiger partial charge in [0.1, 0.15) is 0 Å². The predicted molar refractivity (Wildman–Crippen MR) is 196 cm³/mol. The van der Waals surface area contributed by atoms with Crippen LogP contribution in [-0.2, 0) is 0 Å². The molecule has 2 aromatic heterocycles. The smallest absolute Gasteiger partial charge is 0.238 e. The number of hydrogen-bond acceptors (Lipinski definition) is 5. The Balaban J connectivity index is 1.39. The van der Waals surface area contributed by atoms with Crippen molar-refractivity contribution in [2.75, 3.05) is 4.90 Å². The first-order chi connectivity index (χ1) is 23.0. The first-order valence-corrected chi connectivity index (χ1v) is 16.1. The van der Waals surface area contributed by atoms with Crippen LogP contribution in [0.1, 0.15) is 11.1 Å². The van der Waals surface area contributed by atoms with Crippen LogP contribution in [0.2, 0.25) is 0 Å². The molecule has 47 heavy (non-hydrogen) atoms. The first-order valence-electron chi connectivity index (χ1n) is 15.6. The lowest BCUT2D eigenvalue weighted by molar-refractivity contribution is 1.01. The lowest BCUT2D eigenvalue weighted by Gasteiger charge is -2.26. The van der Waals surface area contributed by atoms with Gasteiger partial charge in [-0.15, -0.1) is 12.6 Å². The zero-order chi connectivity index (χ0) is 31.9. The number of nitrogens with zero attached hydrogens (tertiary/aromatic N) is 5. The normalized spacial score (nSPS) is 11.3. The van der Waals surface area contributed by atoms with Gasteiger partial charge in [0.2, 0.25) is 5.95 Å². The predicted octanol–water partition coefficient (Wildman–Crippen LogP) is 10.7. The van der Waals surface area contributed by atoms with Crippen LogP contribution in [0.3, 0.4) is 0 Å². The van der Waals surface area contributed by atoms with E-state index in [1.807, 2.05) is 66.7 Å². The van der Waals surface area contributed by atoms with Crippen LogP contribution in [-0.4, -0.2) is 19.5 Å². The molecule has 0 saturated carbocycles. The molecule has 2 heterocycles. The van der Waals surface area contributed by atoms with Crippen molar-refractivity contribution in [3.05, 3.63) is 157 Å². The summed E-state index contributed by atoms with van der Waals surface area (Å²) in [6.45, 7) is 4.24. The molecular formula is C41H31N5S. The second-order valence-corrected chi connectivity index (χ2v) is 12.2. The Morgan fingerprint density at radius 3 is 1.85 bits per heavy atom. The van der Waals surface area contributed by atoms with E-state index in [-0.39, 0.29) is 0 Å². The Labute approximate surface area is 279 Å². The van der Waals surface area contributed by atoms with Gasteiger partial charge in [0, 0.05) is 32.5 Å². The molecule has 0 bridgehead atoms. The van der Waals surface area contributed by atoms with Crippen LogP contribution < -0.4 is 4.90 Å². The fraction of sp³-hybridized carbons (Fsp3) is 0.0488. The lowest BCUT2D eigenvalue weighted by atomic mass is 10.1. The van der Waals surface area contributed by atoms with E-state index in [0.29, 0.717) is 17.6 Å². The van der Waals surface area contributed by atoms with Crippen molar-refractivity contribution in [1.29, 1.82) is 0 Å². The molecule has 0 fully saturated rings. The van der Waals surface area contributed by atoms with Crippen molar-refractivity contribution in [2.45, 2.75) is 18.7 Å². The van der Waals surface area contributed by atoms with Crippen molar-refractivity contribution in [3.8, 4) is 28.5 Å². The summed E-state index contributed by atoms with van der Waals surface area (Å²) in [6.07, 6.45) is 0. The average molecular weight is 626 g/mol. The van der Waals surface area contributed by atoms with Gasteiger partial charge in [-0.1, -0.05) is 90.5 Å². The minimum Gasteiger partial charge on any atom is -0.309 e. The minimum absolute atomic E-state index is 0.521. The van der Waals surface area contributed by atoms with Crippen LogP contribution in [0, 0.1) is 13.8 Å². The molecule has 0 aliphatic carbocycles. The maximum atomic E-state index is 5.20. The highest BCUT2D eigenvalue weighted by Crippen LogP contribution is 2.40. The number of para-hydroxylation sites is 3. The SMILES string of the molecule is Cc1ccc2c(c1)c1cc(-c3nc(-c4ccccc4)nc(N(c4ccccc4C)c4ccccc4S)n3)ccc1n2-c1ccccc1. The van der Waals surface area contributed by atoms with E-state index in [0.717, 1.165) is 55.1 Å². The van der Waals surface area contributed by atoms with Gasteiger partial charge in [0.05, 0.1) is 22.4 Å². The summed E-state index contributed by atoms with van der Waals surface area (Å²) in [5.74, 6) is 1.72. The van der Waals surface area contributed by atoms with Gasteiger partial charge in [-0.2, -0.15) is 9.97 Å². The zero-order valence-electron chi connectivity index (χ0n) is 26.0. The van der Waals surface area contributed by atoms with E-state index in [1.54, 1.807) is 0 Å². The molecule has 0 aliphatic rings. The van der Waals surface area contributed by atoms with Gasteiger partial charge in [-0.3, -0.25) is 4.90 Å². The molecule has 0 atom stereocenters. The van der Waals surface area contributed by atoms with Gasteiger partial charge < -0.3 is 4.57 Å². The molecule has 0 N–H and O–H groups in total. The summed E-state index contributed by atoms with van der Waals surface area (Å²) in [5.41, 5.74) is 9.41. The number of aromatic nitrogens is 4. The Hall–Kier alpha value is -5.72. The molecule has 0 saturated heterocycles. The van der Waals surface area contributed by atoms with E-state index >= 15 is 0 Å². The first kappa shape index (κ1) is 28.7. The molecule has 5 nitrogen and oxygen atoms in total. The van der Waals surface area contributed by atoms with Gasteiger partial charge in [0.25, 0.3) is 0 Å². The van der Waals surface area contributed by atoms with Crippen LogP contribution in [0.4, 0.5) is 17.3 Å². The summed E-state index contributed by atoms with van der Waals surface area (Å²) in [5, 5.41) is 2.33. The molecule has 6 heteroatoms. The summed E-state index contributed by atoms with van der Waals surface area (Å²) in [6, 6.07) is 50.1. The second kappa shape index (κ2) is 11.9. The van der Waals surface area contributed by atoms with Crippen LogP contribution >= 0.6 is 12.6 Å². The summed E-state index contributed by atoms with van der Waals surface area (Å²) in [7, 11) is 0. The molecule has 226 valence electrons. The lowest BCUT2D eigenvalue weighted by Crippen LogP contribution is -2.16. The van der Waals surface area contributed by atoms with Crippen molar-refractivity contribution >= 4 is 51.8 Å². The van der Waals surface area contributed by atoms with Crippen molar-refractivity contribution < 1.29 is 0 Å². The quantitative estimate of drug-likeness (QED) is 0.187. The van der Waals surface area contributed by atoms with Gasteiger partial charge >= 0.3 is 0 Å². The van der Waals surface area contributed by atoms with Crippen molar-refractivity contribution in [2.24, 2.45) is 0 Å². The van der Waals surface area contributed by atoms with E-state index in [4.69, 9.17) is 27.6 Å². The van der Waals surface area contributed by atoms with Crippen molar-refractivity contribution in [1.82, 2.24) is 19.5 Å². The van der Waals surface area contributed by atoms with E-state index in [2.05, 4.69) is 102 Å². The average Bonchev–Trinajstić information content (AvgIpc) is 3.43. The number of rotatable bonds is 6. The summed E-state index contributed by atoms with van der Waals surface area (Å²) >= 11 is 4.86. The second-order valence-electron chi connectivity index (χ2n) is 11.7. The molecule has 6 aromatic carbocycles. The van der Waals surface area contributed by atoms with E-state index < -0.39 is 0 Å². The third-order valence-corrected chi connectivity index (χ3v) is 8.91. The Morgan fingerprint density at radius 1 is 0.532 bits per heavy atom. The van der Waals surface area contributed by atoms with Gasteiger partial charge in [-0.25, -0.2) is 4.98 Å². The van der Waals surface area contributed by atoms with Crippen LogP contribution in [0.15, 0.2) is 150 Å². The molecule has 0 radical (unpaired) electrons. The summed E-state index contributed by atoms with van der Waals surface area (Å²) < 4.78 is 2.33. The highest BCUT2D eigenvalue weighted by atomic mass is 32.1. The largest absolute Gasteiger partial charge is 0.309 e. The third-order valence-electron chi connectivity index (χ3n) is 8.53. The van der Waals surface area contributed by atoms with Crippen LogP contribution in [0.5, 0.6) is 0 Å². The maximum Gasteiger partial charge on any atom is 0.238 e. The minimum atomic E-state index is 0.521. The zero-order valence-corrected chi connectivity index (χ0v) is 26.9. The summed E-state index contributed by atoms with van der Waals surface area (Å²) in [4.78, 5) is 18.3. The molecule has 0 aliphatic heterocycles. The molecule has 0 unspecified atom stereocenters. The number of hydrogen-bond donors (Lipinski definition) is 1. The maximum absolute atomic E-state index is 5.20. The molecule has 0 amide bonds. The Morgan fingerprint density at radius 2 is 1.13 bits per heavy atom. The fourth-order valence-electron chi connectivity index (χ4n) is 6.25. The molecular weight excluding hydrogens is 595 g/mol. The highest BCUT2D eigenvalue weighted by Gasteiger charge is 2.22. The third kappa shape index (κ3) is 5.23. The standard InChI is InChI=1S/C41H31N5S/c1-27-21-23-35-32(25-27)33-26-30(22-24-36(33)45(35)31-16-7-4-8-17-31)40-42-39(29-14-5-3-6-15-29)43-41(44-40)46(34-18-10-9-13-28(34)2)37-19-11-12-20-38(37)47/h3-26,47H,1-2H3. The topological polar surface area (TPSA) is 46.8 Å².